The number of imidazole rings is 1. The highest BCUT2D eigenvalue weighted by Gasteiger charge is 2.21. The average Bonchev–Trinajstić information content (AvgIpc) is 3.02. The van der Waals surface area contributed by atoms with E-state index in [1.54, 1.807) is 24.7 Å². The molecule has 8 heteroatoms. The van der Waals surface area contributed by atoms with Crippen molar-refractivity contribution in [3.05, 3.63) is 60.2 Å². The lowest BCUT2D eigenvalue weighted by molar-refractivity contribution is 0.585. The largest absolute Gasteiger partial charge is 0.295 e. The first-order valence-electron chi connectivity index (χ1n) is 7.75. The van der Waals surface area contributed by atoms with Gasteiger partial charge >= 0.3 is 0 Å². The monoisotopic (exact) mass is 369 g/mol. The summed E-state index contributed by atoms with van der Waals surface area (Å²) in [7, 11) is 0. The minimum absolute atomic E-state index is 0.203. The van der Waals surface area contributed by atoms with Gasteiger partial charge in [0, 0.05) is 30.2 Å². The SMILES string of the molecule is CSc1nccc(-c2c(-c3ccc(F)cc3F)nc3c(C)nccn23)n1. The maximum Gasteiger partial charge on any atom is 0.187 e. The number of nitrogens with zero attached hydrogens (tertiary/aromatic N) is 5. The number of hydrogen-bond donors (Lipinski definition) is 0. The number of thioether (sulfide) groups is 1. The van der Waals surface area contributed by atoms with Crippen LogP contribution in [0.2, 0.25) is 0 Å². The van der Waals surface area contributed by atoms with Crippen molar-refractivity contribution in [3.8, 4) is 22.6 Å². The second-order valence-electron chi connectivity index (χ2n) is 5.57. The highest BCUT2D eigenvalue weighted by atomic mass is 32.2. The highest BCUT2D eigenvalue weighted by Crippen LogP contribution is 2.34. The van der Waals surface area contributed by atoms with Crippen LogP contribution >= 0.6 is 11.8 Å². The minimum atomic E-state index is -0.681. The van der Waals surface area contributed by atoms with Crippen molar-refractivity contribution in [3.63, 3.8) is 0 Å². The van der Waals surface area contributed by atoms with Gasteiger partial charge in [-0.2, -0.15) is 0 Å². The van der Waals surface area contributed by atoms with Crippen molar-refractivity contribution < 1.29 is 8.78 Å². The van der Waals surface area contributed by atoms with Crippen molar-refractivity contribution in [1.82, 2.24) is 24.3 Å². The normalized spacial score (nSPS) is 11.2. The van der Waals surface area contributed by atoms with E-state index in [4.69, 9.17) is 0 Å². The molecule has 130 valence electrons. The fraction of sp³-hybridized carbons (Fsp3) is 0.111. The molecule has 5 nitrogen and oxygen atoms in total. The number of hydrogen-bond acceptors (Lipinski definition) is 5. The topological polar surface area (TPSA) is 56.0 Å². The first-order valence-corrected chi connectivity index (χ1v) is 8.97. The fourth-order valence-corrected chi connectivity index (χ4v) is 3.14. The van der Waals surface area contributed by atoms with E-state index in [9.17, 15) is 8.78 Å². The molecule has 0 spiro atoms. The van der Waals surface area contributed by atoms with Crippen LogP contribution in [0.3, 0.4) is 0 Å². The standard InChI is InChI=1S/C18H13F2N5S/c1-10-17-24-15(12-4-3-11(19)9-13(12)20)16(25(17)8-7-21-10)14-5-6-22-18(23-14)26-2/h3-9H,1-2H3. The van der Waals surface area contributed by atoms with Gasteiger partial charge in [0.2, 0.25) is 0 Å². The molecule has 0 saturated carbocycles. The van der Waals surface area contributed by atoms with Gasteiger partial charge in [-0.25, -0.2) is 23.7 Å². The molecule has 0 aliphatic heterocycles. The molecular weight excluding hydrogens is 356 g/mol. The average molecular weight is 369 g/mol. The van der Waals surface area contributed by atoms with Crippen molar-refractivity contribution in [1.29, 1.82) is 0 Å². The van der Waals surface area contributed by atoms with Gasteiger partial charge in [0.05, 0.1) is 17.1 Å². The third kappa shape index (κ3) is 2.72. The van der Waals surface area contributed by atoms with Crippen LogP contribution in [0, 0.1) is 18.6 Å². The van der Waals surface area contributed by atoms with Gasteiger partial charge in [0.25, 0.3) is 0 Å². The van der Waals surface area contributed by atoms with E-state index in [-0.39, 0.29) is 5.56 Å². The van der Waals surface area contributed by atoms with E-state index in [0.717, 1.165) is 6.07 Å². The van der Waals surface area contributed by atoms with Crippen LogP contribution in [-0.2, 0) is 0 Å². The summed E-state index contributed by atoms with van der Waals surface area (Å²) in [6.07, 6.45) is 6.92. The number of aromatic nitrogens is 5. The van der Waals surface area contributed by atoms with Crippen molar-refractivity contribution in [2.75, 3.05) is 6.26 Å². The summed E-state index contributed by atoms with van der Waals surface area (Å²) in [5, 5.41) is 0.591. The van der Waals surface area contributed by atoms with Crippen LogP contribution in [-0.4, -0.2) is 30.6 Å². The Kier molecular flexibility index (Phi) is 4.12. The predicted molar refractivity (Wildman–Crippen MR) is 95.9 cm³/mol. The van der Waals surface area contributed by atoms with E-state index in [1.165, 1.54) is 23.9 Å². The second kappa shape index (κ2) is 6.45. The van der Waals surface area contributed by atoms with Gasteiger partial charge in [-0.3, -0.25) is 9.38 Å². The van der Waals surface area contributed by atoms with Crippen LogP contribution in [0.4, 0.5) is 8.78 Å². The van der Waals surface area contributed by atoms with Gasteiger partial charge < -0.3 is 0 Å². The quantitative estimate of drug-likeness (QED) is 0.401. The molecule has 4 rings (SSSR count). The molecule has 0 amide bonds. The Balaban J connectivity index is 2.08. The lowest BCUT2D eigenvalue weighted by Gasteiger charge is -2.07. The zero-order valence-electron chi connectivity index (χ0n) is 13.9. The molecule has 3 aromatic heterocycles. The van der Waals surface area contributed by atoms with E-state index >= 15 is 0 Å². The number of aryl methyl sites for hydroxylation is 1. The van der Waals surface area contributed by atoms with Crippen molar-refractivity contribution >= 4 is 17.4 Å². The number of halogens is 2. The molecule has 0 saturated heterocycles. The van der Waals surface area contributed by atoms with Crippen molar-refractivity contribution in [2.24, 2.45) is 0 Å². The summed E-state index contributed by atoms with van der Waals surface area (Å²) >= 11 is 1.41. The second-order valence-corrected chi connectivity index (χ2v) is 6.34. The summed E-state index contributed by atoms with van der Waals surface area (Å²) in [5.74, 6) is -1.32. The molecule has 0 unspecified atom stereocenters. The van der Waals surface area contributed by atoms with Crippen molar-refractivity contribution in [2.45, 2.75) is 12.1 Å². The highest BCUT2D eigenvalue weighted by molar-refractivity contribution is 7.98. The maximum absolute atomic E-state index is 14.5. The molecule has 0 N–H and O–H groups in total. The summed E-state index contributed by atoms with van der Waals surface area (Å²) in [4.78, 5) is 17.5. The summed E-state index contributed by atoms with van der Waals surface area (Å²) in [6.45, 7) is 1.82. The van der Waals surface area contributed by atoms with Crippen LogP contribution in [0.5, 0.6) is 0 Å². The molecule has 0 atom stereocenters. The van der Waals surface area contributed by atoms with Crippen LogP contribution < -0.4 is 0 Å². The first-order chi connectivity index (χ1) is 12.6. The molecule has 0 fully saturated rings. The Hall–Kier alpha value is -2.87. The Bertz CT molecular complexity index is 1130. The van der Waals surface area contributed by atoms with Crippen LogP contribution in [0.25, 0.3) is 28.3 Å². The zero-order valence-corrected chi connectivity index (χ0v) is 14.8. The number of rotatable bonds is 3. The van der Waals surface area contributed by atoms with E-state index in [1.807, 2.05) is 17.6 Å². The Labute approximate surface area is 152 Å². The number of fused-ring (bicyclic) bond motifs is 1. The maximum atomic E-state index is 14.5. The van der Waals surface area contributed by atoms with Gasteiger partial charge in [-0.05, 0) is 31.4 Å². The number of benzene rings is 1. The molecule has 1 aromatic carbocycles. The molecule has 0 aliphatic carbocycles. The molecule has 0 bridgehead atoms. The van der Waals surface area contributed by atoms with Crippen LogP contribution in [0.1, 0.15) is 5.69 Å². The minimum Gasteiger partial charge on any atom is -0.295 e. The van der Waals surface area contributed by atoms with Gasteiger partial charge in [-0.15, -0.1) is 0 Å². The smallest absolute Gasteiger partial charge is 0.187 e. The lowest BCUT2D eigenvalue weighted by Crippen LogP contribution is -1.96. The molecule has 0 aliphatic rings. The summed E-state index contributed by atoms with van der Waals surface area (Å²) in [5.41, 5.74) is 3.07. The van der Waals surface area contributed by atoms with E-state index in [0.29, 0.717) is 33.6 Å². The van der Waals surface area contributed by atoms with Gasteiger partial charge in [-0.1, -0.05) is 11.8 Å². The molecule has 26 heavy (non-hydrogen) atoms. The zero-order chi connectivity index (χ0) is 18.3. The first kappa shape index (κ1) is 16.6. The Morgan fingerprint density at radius 1 is 1.04 bits per heavy atom. The third-order valence-electron chi connectivity index (χ3n) is 3.96. The van der Waals surface area contributed by atoms with Gasteiger partial charge in [0.15, 0.2) is 10.8 Å². The Morgan fingerprint density at radius 3 is 2.65 bits per heavy atom. The van der Waals surface area contributed by atoms with E-state index < -0.39 is 11.6 Å². The predicted octanol–water partition coefficient (Wildman–Crippen LogP) is 4.16. The molecule has 4 aromatic rings. The molecule has 3 heterocycles. The fourth-order valence-electron chi connectivity index (χ4n) is 2.79. The Morgan fingerprint density at radius 2 is 1.88 bits per heavy atom. The third-order valence-corrected chi connectivity index (χ3v) is 4.53. The van der Waals surface area contributed by atoms with Gasteiger partial charge in [0.1, 0.15) is 17.3 Å². The molecule has 0 radical (unpaired) electrons. The summed E-state index contributed by atoms with van der Waals surface area (Å²) in [6, 6.07) is 5.19. The summed E-state index contributed by atoms with van der Waals surface area (Å²) < 4.78 is 29.6. The lowest BCUT2D eigenvalue weighted by atomic mass is 10.1. The molecular formula is C18H13F2N5S. The van der Waals surface area contributed by atoms with E-state index in [2.05, 4.69) is 19.9 Å². The van der Waals surface area contributed by atoms with Crippen LogP contribution in [0.15, 0.2) is 48.0 Å².